The van der Waals surface area contributed by atoms with Gasteiger partial charge >= 0.3 is 7.82 Å². The van der Waals surface area contributed by atoms with E-state index in [2.05, 4.69) is 4.52 Å². The van der Waals surface area contributed by atoms with Crippen LogP contribution in [0.15, 0.2) is 57.7 Å². The normalized spacial score (nSPS) is 11.5. The number of phosphoric ester groups is 1. The van der Waals surface area contributed by atoms with Crippen LogP contribution < -0.4 is 14.7 Å². The van der Waals surface area contributed by atoms with E-state index in [1.165, 1.54) is 19.2 Å². The first-order valence-corrected chi connectivity index (χ1v) is 8.37. The molecule has 0 saturated carbocycles. The van der Waals surface area contributed by atoms with Crippen molar-refractivity contribution in [2.75, 3.05) is 7.11 Å². The van der Waals surface area contributed by atoms with Gasteiger partial charge in [-0.3, -0.25) is 14.6 Å². The molecule has 7 nitrogen and oxygen atoms in total. The van der Waals surface area contributed by atoms with Crippen molar-refractivity contribution in [2.24, 2.45) is 0 Å². The van der Waals surface area contributed by atoms with Crippen LogP contribution in [0.4, 0.5) is 0 Å². The fourth-order valence-electron chi connectivity index (χ4n) is 2.26. The van der Waals surface area contributed by atoms with Crippen LogP contribution in [-0.2, 0) is 4.57 Å². The van der Waals surface area contributed by atoms with Crippen LogP contribution in [0.25, 0.3) is 22.3 Å². The summed E-state index contributed by atoms with van der Waals surface area (Å²) in [4.78, 5) is 30.8. The first kappa shape index (κ1) is 16.3. The summed E-state index contributed by atoms with van der Waals surface area (Å²) in [6.45, 7) is 0. The van der Waals surface area contributed by atoms with E-state index in [4.69, 9.17) is 18.9 Å². The Morgan fingerprint density at radius 1 is 1.08 bits per heavy atom. The van der Waals surface area contributed by atoms with Gasteiger partial charge in [0.05, 0.1) is 12.5 Å². The fourth-order valence-corrected chi connectivity index (χ4v) is 2.67. The molecule has 0 aliphatic rings. The second kappa shape index (κ2) is 6.13. The lowest BCUT2D eigenvalue weighted by molar-refractivity contribution is 0.280. The summed E-state index contributed by atoms with van der Waals surface area (Å²) in [5.74, 6) is -0.120. The Balaban J connectivity index is 2.35. The highest BCUT2D eigenvalue weighted by Crippen LogP contribution is 2.41. The van der Waals surface area contributed by atoms with Crippen molar-refractivity contribution >= 4 is 18.8 Å². The molecule has 2 N–H and O–H groups in total. The van der Waals surface area contributed by atoms with Crippen LogP contribution in [0.2, 0.25) is 0 Å². The zero-order valence-electron chi connectivity index (χ0n) is 12.5. The lowest BCUT2D eigenvalue weighted by Gasteiger charge is -2.12. The van der Waals surface area contributed by atoms with Crippen molar-refractivity contribution < 1.29 is 28.0 Å². The number of benzene rings is 2. The van der Waals surface area contributed by atoms with Gasteiger partial charge in [-0.25, -0.2) is 4.57 Å². The molecule has 1 aromatic heterocycles. The van der Waals surface area contributed by atoms with Crippen LogP contribution in [0, 0.1) is 0 Å². The van der Waals surface area contributed by atoms with Crippen LogP contribution >= 0.6 is 7.82 Å². The Hall–Kier alpha value is -2.60. The maximum Gasteiger partial charge on any atom is 0.525 e. The Morgan fingerprint density at radius 2 is 1.79 bits per heavy atom. The van der Waals surface area contributed by atoms with Gasteiger partial charge in [-0.05, 0) is 12.1 Å². The Kier molecular flexibility index (Phi) is 4.15. The average molecular weight is 348 g/mol. The maximum atomic E-state index is 12.6. The Labute approximate surface area is 136 Å². The van der Waals surface area contributed by atoms with Crippen LogP contribution in [0.1, 0.15) is 0 Å². The minimum Gasteiger partial charge on any atom is -0.497 e. The largest absolute Gasteiger partial charge is 0.525 e. The molecule has 0 radical (unpaired) electrons. The summed E-state index contributed by atoms with van der Waals surface area (Å²) >= 11 is 0. The maximum absolute atomic E-state index is 12.6. The van der Waals surface area contributed by atoms with E-state index in [1.54, 1.807) is 36.4 Å². The van der Waals surface area contributed by atoms with Gasteiger partial charge in [-0.2, -0.15) is 0 Å². The second-order valence-corrected chi connectivity index (χ2v) is 6.06. The van der Waals surface area contributed by atoms with Gasteiger partial charge in [0.1, 0.15) is 11.3 Å². The van der Waals surface area contributed by atoms with Crippen LogP contribution in [0.3, 0.4) is 0 Å². The standard InChI is InChI=1S/C16H13O7P/c1-21-11-7-8-12-13(9-11)22-15(10-5-3-2-4-6-10)16(14(12)17)23-24(18,19)20/h2-9H,1H3,(H2,18,19,20). The lowest BCUT2D eigenvalue weighted by Crippen LogP contribution is -2.09. The van der Waals surface area contributed by atoms with E-state index >= 15 is 0 Å². The van der Waals surface area contributed by atoms with Crippen molar-refractivity contribution in [3.8, 4) is 22.8 Å². The average Bonchev–Trinajstić information content (AvgIpc) is 2.56. The quantitative estimate of drug-likeness (QED) is 0.698. The summed E-state index contributed by atoms with van der Waals surface area (Å²) in [5, 5.41) is 0.124. The van der Waals surface area contributed by atoms with Gasteiger partial charge in [0.2, 0.25) is 11.2 Å². The molecule has 0 unspecified atom stereocenters. The molecule has 124 valence electrons. The number of fused-ring (bicyclic) bond motifs is 1. The Bertz CT molecular complexity index is 988. The van der Waals surface area contributed by atoms with Gasteiger partial charge in [0, 0.05) is 11.6 Å². The SMILES string of the molecule is COc1ccc2c(=O)c(OP(=O)(O)O)c(-c3ccccc3)oc2c1. The fraction of sp³-hybridized carbons (Fsp3) is 0.0625. The number of ether oxygens (including phenoxy) is 1. The second-order valence-electron chi connectivity index (χ2n) is 4.90. The van der Waals surface area contributed by atoms with E-state index < -0.39 is 19.0 Å². The minimum atomic E-state index is -4.94. The lowest BCUT2D eigenvalue weighted by atomic mass is 10.1. The van der Waals surface area contributed by atoms with Gasteiger partial charge in [-0.1, -0.05) is 30.3 Å². The van der Waals surface area contributed by atoms with E-state index in [0.29, 0.717) is 11.3 Å². The zero-order valence-corrected chi connectivity index (χ0v) is 13.4. The molecule has 8 heteroatoms. The number of methoxy groups -OCH3 is 1. The molecule has 3 aromatic rings. The smallest absolute Gasteiger partial charge is 0.497 e. The number of rotatable bonds is 4. The first-order chi connectivity index (χ1) is 11.4. The molecule has 0 saturated heterocycles. The molecule has 0 bridgehead atoms. The van der Waals surface area contributed by atoms with Crippen LogP contribution in [0.5, 0.6) is 11.5 Å². The summed E-state index contributed by atoms with van der Waals surface area (Å²) in [5.41, 5.74) is -0.0138. The molecule has 0 aliphatic heterocycles. The third-order valence-corrected chi connectivity index (χ3v) is 3.72. The predicted molar refractivity (Wildman–Crippen MR) is 87.1 cm³/mol. The molecule has 0 fully saturated rings. The third kappa shape index (κ3) is 3.19. The number of phosphoric acid groups is 1. The summed E-state index contributed by atoms with van der Waals surface area (Å²) < 4.78 is 26.7. The highest BCUT2D eigenvalue weighted by Gasteiger charge is 2.25. The van der Waals surface area contributed by atoms with E-state index in [-0.39, 0.29) is 16.7 Å². The van der Waals surface area contributed by atoms with Gasteiger partial charge in [-0.15, -0.1) is 0 Å². The molecule has 0 aliphatic carbocycles. The monoisotopic (exact) mass is 348 g/mol. The van der Waals surface area contributed by atoms with E-state index in [9.17, 15) is 9.36 Å². The number of hydrogen-bond donors (Lipinski definition) is 2. The summed E-state index contributed by atoms with van der Waals surface area (Å²) in [6, 6.07) is 12.9. The molecular weight excluding hydrogens is 335 g/mol. The minimum absolute atomic E-state index is 0.0651. The van der Waals surface area contributed by atoms with Gasteiger partial charge in [0.25, 0.3) is 0 Å². The Morgan fingerprint density at radius 3 is 2.42 bits per heavy atom. The molecule has 0 atom stereocenters. The molecule has 0 spiro atoms. The van der Waals surface area contributed by atoms with Crippen molar-refractivity contribution in [2.45, 2.75) is 0 Å². The highest BCUT2D eigenvalue weighted by atomic mass is 31.2. The van der Waals surface area contributed by atoms with Gasteiger partial charge in [0.15, 0.2) is 5.76 Å². The molecule has 1 heterocycles. The third-order valence-electron chi connectivity index (χ3n) is 3.30. The van der Waals surface area contributed by atoms with Crippen molar-refractivity contribution in [3.05, 3.63) is 58.8 Å². The zero-order chi connectivity index (χ0) is 17.3. The molecule has 3 rings (SSSR count). The molecule has 24 heavy (non-hydrogen) atoms. The van der Waals surface area contributed by atoms with Crippen LogP contribution in [-0.4, -0.2) is 16.9 Å². The van der Waals surface area contributed by atoms with Crippen molar-refractivity contribution in [3.63, 3.8) is 0 Å². The summed E-state index contributed by atoms with van der Waals surface area (Å²) in [7, 11) is -3.47. The molecule has 2 aromatic carbocycles. The molecular formula is C16H13O7P. The van der Waals surface area contributed by atoms with E-state index in [1.807, 2.05) is 0 Å². The highest BCUT2D eigenvalue weighted by molar-refractivity contribution is 7.46. The van der Waals surface area contributed by atoms with Crippen molar-refractivity contribution in [1.82, 2.24) is 0 Å². The predicted octanol–water partition coefficient (Wildman–Crippen LogP) is 2.94. The van der Waals surface area contributed by atoms with Crippen molar-refractivity contribution in [1.29, 1.82) is 0 Å². The topological polar surface area (TPSA) is 106 Å². The first-order valence-electron chi connectivity index (χ1n) is 6.84. The number of hydrogen-bond acceptors (Lipinski definition) is 5. The van der Waals surface area contributed by atoms with E-state index in [0.717, 1.165) is 0 Å². The van der Waals surface area contributed by atoms with Gasteiger partial charge < -0.3 is 13.7 Å². The molecule has 0 amide bonds. The summed E-state index contributed by atoms with van der Waals surface area (Å²) in [6.07, 6.45) is 0.